The lowest BCUT2D eigenvalue weighted by Gasteiger charge is -2.34. The van der Waals surface area contributed by atoms with Gasteiger partial charge in [0.05, 0.1) is 12.4 Å². The highest BCUT2D eigenvalue weighted by atomic mass is 32.1. The van der Waals surface area contributed by atoms with Crippen LogP contribution in [0.3, 0.4) is 0 Å². The highest BCUT2D eigenvalue weighted by Gasteiger charge is 2.16. The Balaban J connectivity index is 1.32. The summed E-state index contributed by atoms with van der Waals surface area (Å²) < 4.78 is 5.17. The van der Waals surface area contributed by atoms with E-state index < -0.39 is 0 Å². The molecule has 0 saturated carbocycles. The Kier molecular flexibility index (Phi) is 6.62. The maximum Gasteiger partial charge on any atom is 0.185 e. The number of benzene rings is 2. The summed E-state index contributed by atoms with van der Waals surface area (Å²) >= 11 is 5.79. The molecule has 0 unspecified atom stereocenters. The van der Waals surface area contributed by atoms with Gasteiger partial charge in [0.1, 0.15) is 0 Å². The Morgan fingerprint density at radius 1 is 0.900 bits per heavy atom. The molecule has 0 atom stereocenters. The van der Waals surface area contributed by atoms with E-state index >= 15 is 0 Å². The average Bonchev–Trinajstić information content (AvgIpc) is 3.12. The summed E-state index contributed by atoms with van der Waals surface area (Å²) in [6.45, 7) is 10.4. The van der Waals surface area contributed by atoms with Gasteiger partial charge in [0.15, 0.2) is 4.77 Å². The summed E-state index contributed by atoms with van der Waals surface area (Å²) in [6, 6.07) is 17.0. The number of rotatable bonds is 6. The van der Waals surface area contributed by atoms with E-state index in [4.69, 9.17) is 12.2 Å². The number of hydrogen-bond donors (Lipinski definition) is 0. The number of aryl methyl sites for hydroxylation is 2. The number of imidazole rings is 1. The van der Waals surface area contributed by atoms with Crippen molar-refractivity contribution in [2.75, 3.05) is 32.7 Å². The molecular weight excluding hydrogens is 388 g/mol. The van der Waals surface area contributed by atoms with Crippen LogP contribution in [0.15, 0.2) is 67.0 Å². The van der Waals surface area contributed by atoms with Crippen LogP contribution in [0.2, 0.25) is 0 Å². The first-order chi connectivity index (χ1) is 14.6. The summed E-state index contributed by atoms with van der Waals surface area (Å²) in [6.07, 6.45) is 8.68. The van der Waals surface area contributed by atoms with Crippen molar-refractivity contribution in [2.24, 2.45) is 0 Å². The molecule has 0 bridgehead atoms. The normalized spacial score (nSPS) is 15.8. The Bertz CT molecular complexity index is 1060. The molecule has 0 aliphatic carbocycles. The van der Waals surface area contributed by atoms with Gasteiger partial charge in [-0.3, -0.25) is 14.4 Å². The number of hydrogen-bond acceptors (Lipinski definition) is 3. The molecule has 1 aliphatic rings. The van der Waals surface area contributed by atoms with Crippen molar-refractivity contribution in [3.05, 3.63) is 88.5 Å². The van der Waals surface area contributed by atoms with Crippen LogP contribution in [-0.2, 0) is 6.67 Å². The monoisotopic (exact) mass is 418 g/mol. The predicted molar refractivity (Wildman–Crippen MR) is 128 cm³/mol. The minimum absolute atomic E-state index is 0.852. The van der Waals surface area contributed by atoms with Crippen LogP contribution in [0.5, 0.6) is 0 Å². The molecule has 2 heterocycles. The quantitative estimate of drug-likeness (QED) is 0.529. The van der Waals surface area contributed by atoms with Crippen LogP contribution < -0.4 is 0 Å². The van der Waals surface area contributed by atoms with Gasteiger partial charge in [0.2, 0.25) is 0 Å². The third-order valence-corrected chi connectivity index (χ3v) is 6.19. The van der Waals surface area contributed by atoms with Crippen molar-refractivity contribution in [3.63, 3.8) is 0 Å². The van der Waals surface area contributed by atoms with Crippen LogP contribution in [0.1, 0.15) is 16.7 Å². The number of piperazine rings is 1. The molecule has 0 radical (unpaired) electrons. The van der Waals surface area contributed by atoms with Crippen molar-refractivity contribution in [2.45, 2.75) is 20.5 Å². The maximum atomic E-state index is 5.79. The lowest BCUT2D eigenvalue weighted by atomic mass is 10.1. The molecule has 3 aromatic rings. The van der Waals surface area contributed by atoms with Crippen LogP contribution in [0.4, 0.5) is 0 Å². The molecule has 30 heavy (non-hydrogen) atoms. The molecule has 1 aliphatic heterocycles. The topological polar surface area (TPSA) is 16.3 Å². The predicted octanol–water partition coefficient (Wildman–Crippen LogP) is 4.91. The first kappa shape index (κ1) is 20.8. The molecule has 4 nitrogen and oxygen atoms in total. The van der Waals surface area contributed by atoms with Gasteiger partial charge in [-0.15, -0.1) is 0 Å². The Morgan fingerprint density at radius 3 is 2.40 bits per heavy atom. The molecule has 5 heteroatoms. The minimum Gasteiger partial charge on any atom is -0.310 e. The summed E-state index contributed by atoms with van der Waals surface area (Å²) in [5, 5.41) is 0. The van der Waals surface area contributed by atoms with Gasteiger partial charge >= 0.3 is 0 Å². The van der Waals surface area contributed by atoms with Gasteiger partial charge in [0.25, 0.3) is 0 Å². The number of aromatic nitrogens is 2. The highest BCUT2D eigenvalue weighted by molar-refractivity contribution is 7.71. The largest absolute Gasteiger partial charge is 0.310 e. The average molecular weight is 419 g/mol. The van der Waals surface area contributed by atoms with Crippen molar-refractivity contribution < 1.29 is 0 Å². The van der Waals surface area contributed by atoms with E-state index in [9.17, 15) is 0 Å². The first-order valence-corrected chi connectivity index (χ1v) is 11.0. The Labute approximate surface area is 184 Å². The zero-order valence-corrected chi connectivity index (χ0v) is 18.7. The second kappa shape index (κ2) is 9.56. The first-order valence-electron chi connectivity index (χ1n) is 10.6. The molecule has 156 valence electrons. The van der Waals surface area contributed by atoms with E-state index in [1.54, 1.807) is 0 Å². The standard InChI is InChI=1S/C25H30N4S/c1-21-10-11-22(2)24(19-21)29-18-17-28(25(29)30)20-27-15-13-26(14-16-27)12-6-9-23-7-4-3-5-8-23/h3-11,17-19H,12-16,20H2,1-2H3/b9-6+. The van der Waals surface area contributed by atoms with Crippen molar-refractivity contribution in [3.8, 4) is 5.69 Å². The lowest BCUT2D eigenvalue weighted by molar-refractivity contribution is 0.115. The highest BCUT2D eigenvalue weighted by Crippen LogP contribution is 2.17. The summed E-state index contributed by atoms with van der Waals surface area (Å²) in [5.74, 6) is 0. The fourth-order valence-electron chi connectivity index (χ4n) is 3.91. The van der Waals surface area contributed by atoms with Crippen LogP contribution in [0, 0.1) is 18.6 Å². The van der Waals surface area contributed by atoms with E-state index in [0.717, 1.165) is 44.2 Å². The molecule has 2 aromatic carbocycles. The second-order valence-corrected chi connectivity index (χ2v) is 8.45. The summed E-state index contributed by atoms with van der Waals surface area (Å²) in [4.78, 5) is 5.00. The SMILES string of the molecule is Cc1ccc(C)c(-n2ccn(CN3CCN(C/C=C/c4ccccc4)CC3)c2=S)c1. The minimum atomic E-state index is 0.852. The molecule has 1 aromatic heterocycles. The summed E-state index contributed by atoms with van der Waals surface area (Å²) in [7, 11) is 0. The van der Waals surface area contributed by atoms with Gasteiger partial charge in [-0.05, 0) is 48.8 Å². The van der Waals surface area contributed by atoms with Gasteiger partial charge in [-0.1, -0.05) is 54.6 Å². The Morgan fingerprint density at radius 2 is 1.63 bits per heavy atom. The Hall–Kier alpha value is -2.47. The lowest BCUT2D eigenvalue weighted by Crippen LogP contribution is -2.46. The van der Waals surface area contributed by atoms with E-state index in [2.05, 4.69) is 106 Å². The summed E-state index contributed by atoms with van der Waals surface area (Å²) in [5.41, 5.74) is 4.93. The zero-order chi connectivity index (χ0) is 20.9. The molecule has 0 amide bonds. The van der Waals surface area contributed by atoms with E-state index in [-0.39, 0.29) is 0 Å². The van der Waals surface area contributed by atoms with Gasteiger partial charge in [-0.2, -0.15) is 0 Å². The molecule has 4 rings (SSSR count). The van der Waals surface area contributed by atoms with Gasteiger partial charge < -0.3 is 4.57 Å². The van der Waals surface area contributed by atoms with Crippen molar-refractivity contribution in [1.82, 2.24) is 18.9 Å². The molecular formula is C25H30N4S. The van der Waals surface area contributed by atoms with Crippen LogP contribution in [0.25, 0.3) is 11.8 Å². The van der Waals surface area contributed by atoms with Crippen LogP contribution in [-0.4, -0.2) is 51.7 Å². The zero-order valence-electron chi connectivity index (χ0n) is 17.9. The third-order valence-electron chi connectivity index (χ3n) is 5.76. The molecule has 0 spiro atoms. The fourth-order valence-corrected chi connectivity index (χ4v) is 4.19. The van der Waals surface area contributed by atoms with Gasteiger partial charge in [0, 0.05) is 45.1 Å². The van der Waals surface area contributed by atoms with Gasteiger partial charge in [-0.25, -0.2) is 0 Å². The van der Waals surface area contributed by atoms with Crippen LogP contribution >= 0.6 is 12.2 Å². The number of nitrogens with zero attached hydrogens (tertiary/aromatic N) is 4. The molecule has 0 N–H and O–H groups in total. The molecule has 1 fully saturated rings. The van der Waals surface area contributed by atoms with Crippen molar-refractivity contribution in [1.29, 1.82) is 0 Å². The van der Waals surface area contributed by atoms with Crippen molar-refractivity contribution >= 4 is 18.3 Å². The van der Waals surface area contributed by atoms with E-state index in [0.29, 0.717) is 0 Å². The smallest absolute Gasteiger partial charge is 0.185 e. The fraction of sp³-hybridized carbons (Fsp3) is 0.320. The van der Waals surface area contributed by atoms with E-state index in [1.165, 1.54) is 22.4 Å². The van der Waals surface area contributed by atoms with E-state index in [1.807, 2.05) is 0 Å². The maximum absolute atomic E-state index is 5.79. The third kappa shape index (κ3) is 4.98. The molecule has 1 saturated heterocycles. The second-order valence-electron chi connectivity index (χ2n) is 8.08.